The molecule has 0 aliphatic heterocycles. The molecule has 94 valence electrons. The molecule has 0 saturated heterocycles. The Kier molecular flexibility index (Phi) is 4.59. The Morgan fingerprint density at radius 1 is 1.35 bits per heavy atom. The van der Waals surface area contributed by atoms with E-state index in [4.69, 9.17) is 0 Å². The first-order valence-electron chi connectivity index (χ1n) is 6.61. The topological polar surface area (TPSA) is 57.8 Å². The van der Waals surface area contributed by atoms with Gasteiger partial charge in [0.2, 0.25) is 5.91 Å². The zero-order chi connectivity index (χ0) is 11.9. The number of imidazole rings is 1. The Bertz CT molecular complexity index is 326. The fourth-order valence-corrected chi connectivity index (χ4v) is 2.43. The minimum absolute atomic E-state index is 0.242. The van der Waals surface area contributed by atoms with E-state index >= 15 is 0 Å². The van der Waals surface area contributed by atoms with E-state index in [0.29, 0.717) is 6.54 Å². The number of hydrogen-bond acceptors (Lipinski definition) is 2. The van der Waals surface area contributed by atoms with Gasteiger partial charge in [-0.25, -0.2) is 4.98 Å². The third-order valence-electron chi connectivity index (χ3n) is 3.47. The number of H-pyrrole nitrogens is 1. The van der Waals surface area contributed by atoms with Crippen LogP contribution in [0.15, 0.2) is 12.5 Å². The largest absolute Gasteiger partial charge is 0.355 e. The molecule has 0 radical (unpaired) electrons. The van der Waals surface area contributed by atoms with Crippen molar-refractivity contribution in [3.05, 3.63) is 18.2 Å². The van der Waals surface area contributed by atoms with Crippen LogP contribution >= 0.6 is 0 Å². The Balaban J connectivity index is 1.69. The summed E-state index contributed by atoms with van der Waals surface area (Å²) in [5, 5.41) is 3.03. The van der Waals surface area contributed by atoms with Crippen molar-refractivity contribution in [2.75, 3.05) is 6.54 Å². The van der Waals surface area contributed by atoms with Gasteiger partial charge in [-0.15, -0.1) is 0 Å². The molecule has 2 N–H and O–H groups in total. The van der Waals surface area contributed by atoms with Crippen molar-refractivity contribution in [3.8, 4) is 0 Å². The second kappa shape index (κ2) is 6.42. The predicted molar refractivity (Wildman–Crippen MR) is 66.5 cm³/mol. The monoisotopic (exact) mass is 235 g/mol. The maximum Gasteiger partial charge on any atom is 0.223 e. The minimum Gasteiger partial charge on any atom is -0.355 e. The van der Waals surface area contributed by atoms with E-state index in [-0.39, 0.29) is 11.8 Å². The van der Waals surface area contributed by atoms with Crippen LogP contribution in [0.1, 0.15) is 44.2 Å². The maximum absolute atomic E-state index is 11.9. The molecule has 1 aliphatic carbocycles. The number of aromatic nitrogens is 2. The third kappa shape index (κ3) is 3.88. The van der Waals surface area contributed by atoms with Gasteiger partial charge in [0.25, 0.3) is 0 Å². The van der Waals surface area contributed by atoms with Crippen LogP contribution in [0.25, 0.3) is 0 Å². The molecule has 1 amide bonds. The van der Waals surface area contributed by atoms with E-state index in [2.05, 4.69) is 15.3 Å². The van der Waals surface area contributed by atoms with Gasteiger partial charge in [0.1, 0.15) is 0 Å². The van der Waals surface area contributed by atoms with Gasteiger partial charge in [-0.05, 0) is 12.8 Å². The number of rotatable bonds is 4. The summed E-state index contributed by atoms with van der Waals surface area (Å²) in [4.78, 5) is 18.9. The normalized spacial score (nSPS) is 17.6. The molecule has 1 aliphatic rings. The van der Waals surface area contributed by atoms with Crippen LogP contribution in [0.5, 0.6) is 0 Å². The summed E-state index contributed by atoms with van der Waals surface area (Å²) in [6, 6.07) is 0. The number of aromatic amines is 1. The first-order valence-corrected chi connectivity index (χ1v) is 6.61. The molecule has 0 atom stereocenters. The molecular weight excluding hydrogens is 214 g/mol. The zero-order valence-corrected chi connectivity index (χ0v) is 10.2. The van der Waals surface area contributed by atoms with Crippen molar-refractivity contribution < 1.29 is 4.79 Å². The average molecular weight is 235 g/mol. The smallest absolute Gasteiger partial charge is 0.223 e. The third-order valence-corrected chi connectivity index (χ3v) is 3.47. The molecule has 1 heterocycles. The molecule has 4 heteroatoms. The standard InChI is InChI=1S/C13H21N3O/c17-13(11-5-3-1-2-4-6-11)15-8-7-12-9-14-10-16-12/h9-11H,1-8H2,(H,14,16)(H,15,17). The lowest BCUT2D eigenvalue weighted by molar-refractivity contribution is -0.125. The van der Waals surface area contributed by atoms with Crippen LogP contribution in [0.2, 0.25) is 0 Å². The number of carbonyl (C=O) groups excluding carboxylic acids is 1. The van der Waals surface area contributed by atoms with Crippen molar-refractivity contribution in [1.82, 2.24) is 15.3 Å². The lowest BCUT2D eigenvalue weighted by atomic mass is 9.99. The summed E-state index contributed by atoms with van der Waals surface area (Å²) in [5.41, 5.74) is 1.08. The molecule has 17 heavy (non-hydrogen) atoms. The molecule has 0 unspecified atom stereocenters. The van der Waals surface area contributed by atoms with Gasteiger partial charge < -0.3 is 10.3 Å². The fraction of sp³-hybridized carbons (Fsp3) is 0.692. The van der Waals surface area contributed by atoms with Crippen LogP contribution in [-0.2, 0) is 11.2 Å². The number of amides is 1. The molecule has 1 aromatic heterocycles. The molecule has 0 bridgehead atoms. The van der Waals surface area contributed by atoms with Crippen molar-refractivity contribution >= 4 is 5.91 Å². The molecule has 2 rings (SSSR count). The van der Waals surface area contributed by atoms with E-state index < -0.39 is 0 Å². The zero-order valence-electron chi connectivity index (χ0n) is 10.2. The summed E-state index contributed by atoms with van der Waals surface area (Å²) >= 11 is 0. The quantitative estimate of drug-likeness (QED) is 0.785. The average Bonchev–Trinajstić information content (AvgIpc) is 2.69. The first kappa shape index (κ1) is 12.1. The molecule has 0 spiro atoms. The van der Waals surface area contributed by atoms with Crippen LogP contribution in [0.3, 0.4) is 0 Å². The van der Waals surface area contributed by atoms with Gasteiger partial charge in [0.05, 0.1) is 6.33 Å². The second-order valence-corrected chi connectivity index (χ2v) is 4.81. The van der Waals surface area contributed by atoms with Crippen molar-refractivity contribution in [2.24, 2.45) is 5.92 Å². The van der Waals surface area contributed by atoms with Gasteiger partial charge in [0.15, 0.2) is 0 Å². The van der Waals surface area contributed by atoms with Gasteiger partial charge in [-0.2, -0.15) is 0 Å². The highest BCUT2D eigenvalue weighted by Gasteiger charge is 2.19. The summed E-state index contributed by atoms with van der Waals surface area (Å²) in [7, 11) is 0. The first-order chi connectivity index (χ1) is 8.36. The van der Waals surface area contributed by atoms with Crippen LogP contribution in [-0.4, -0.2) is 22.4 Å². The summed E-state index contributed by atoms with van der Waals surface area (Å²) in [6.45, 7) is 0.706. The van der Waals surface area contributed by atoms with E-state index in [0.717, 1.165) is 25.0 Å². The summed E-state index contributed by atoms with van der Waals surface area (Å²) in [5.74, 6) is 0.491. The van der Waals surface area contributed by atoms with E-state index in [1.54, 1.807) is 12.5 Å². The van der Waals surface area contributed by atoms with Crippen LogP contribution < -0.4 is 5.32 Å². The van der Waals surface area contributed by atoms with Crippen molar-refractivity contribution in [1.29, 1.82) is 0 Å². The van der Waals surface area contributed by atoms with E-state index in [9.17, 15) is 4.79 Å². The highest BCUT2D eigenvalue weighted by atomic mass is 16.1. The number of hydrogen-bond donors (Lipinski definition) is 2. The summed E-state index contributed by atoms with van der Waals surface area (Å²) < 4.78 is 0. The molecule has 1 fully saturated rings. The highest BCUT2D eigenvalue weighted by molar-refractivity contribution is 5.78. The molecule has 0 aromatic carbocycles. The molecule has 1 saturated carbocycles. The van der Waals surface area contributed by atoms with Crippen molar-refractivity contribution in [3.63, 3.8) is 0 Å². The van der Waals surface area contributed by atoms with Gasteiger partial charge in [-0.3, -0.25) is 4.79 Å². The Morgan fingerprint density at radius 3 is 2.76 bits per heavy atom. The Hall–Kier alpha value is -1.32. The van der Waals surface area contributed by atoms with Crippen LogP contribution in [0.4, 0.5) is 0 Å². The Morgan fingerprint density at radius 2 is 2.12 bits per heavy atom. The lowest BCUT2D eigenvalue weighted by Crippen LogP contribution is -2.32. The number of carbonyl (C=O) groups is 1. The molecular formula is C13H21N3O. The SMILES string of the molecule is O=C(NCCc1cnc[nH]1)C1CCCCCC1. The minimum atomic E-state index is 0.242. The fourth-order valence-electron chi connectivity index (χ4n) is 2.43. The lowest BCUT2D eigenvalue weighted by Gasteiger charge is -2.13. The maximum atomic E-state index is 11.9. The van der Waals surface area contributed by atoms with Gasteiger partial charge in [0, 0.05) is 30.8 Å². The van der Waals surface area contributed by atoms with Crippen molar-refractivity contribution in [2.45, 2.75) is 44.9 Å². The van der Waals surface area contributed by atoms with Gasteiger partial charge >= 0.3 is 0 Å². The number of nitrogens with one attached hydrogen (secondary N) is 2. The van der Waals surface area contributed by atoms with Gasteiger partial charge in [-0.1, -0.05) is 25.7 Å². The predicted octanol–water partition coefficient (Wildman–Crippen LogP) is 2.04. The highest BCUT2D eigenvalue weighted by Crippen LogP contribution is 2.22. The molecule has 1 aromatic rings. The van der Waals surface area contributed by atoms with E-state index in [1.165, 1.54) is 25.7 Å². The second-order valence-electron chi connectivity index (χ2n) is 4.81. The summed E-state index contributed by atoms with van der Waals surface area (Å²) in [6.07, 6.45) is 11.4. The van der Waals surface area contributed by atoms with E-state index in [1.807, 2.05) is 0 Å². The Labute approximate surface area is 102 Å². The van der Waals surface area contributed by atoms with Crippen LogP contribution in [0, 0.1) is 5.92 Å². The molecule has 4 nitrogen and oxygen atoms in total. The number of nitrogens with zero attached hydrogens (tertiary/aromatic N) is 1.